The largest absolute Gasteiger partial charge is 0.491 e. The highest BCUT2D eigenvalue weighted by Crippen LogP contribution is 2.33. The first-order chi connectivity index (χ1) is 16.5. The van der Waals surface area contributed by atoms with Crippen molar-refractivity contribution < 1.29 is 29.2 Å². The Labute approximate surface area is 198 Å². The Morgan fingerprint density at radius 3 is 2.74 bits per heavy atom. The molecule has 7 nitrogen and oxygen atoms in total. The van der Waals surface area contributed by atoms with Crippen LogP contribution in [0.25, 0.3) is 0 Å². The summed E-state index contributed by atoms with van der Waals surface area (Å²) in [5, 5.41) is 22.6. The molecule has 7 heteroatoms. The molecule has 0 saturated heterocycles. The van der Waals surface area contributed by atoms with Crippen LogP contribution in [-0.2, 0) is 6.42 Å². The van der Waals surface area contributed by atoms with Gasteiger partial charge in [-0.1, -0.05) is 24.3 Å². The number of nitrogens with one attached hydrogen (secondary N) is 1. The zero-order valence-corrected chi connectivity index (χ0v) is 19.1. The first kappa shape index (κ1) is 23.6. The molecule has 0 aliphatic carbocycles. The SMILES string of the molecule is Cc1ccc(C(=O)O)cc1Oc1ccc2c(c1)CC[C@H](CNC[C@H](O)COc1ccccc1)O2. The second-order valence-corrected chi connectivity index (χ2v) is 8.37. The zero-order chi connectivity index (χ0) is 23.9. The van der Waals surface area contributed by atoms with Crippen LogP contribution < -0.4 is 19.5 Å². The van der Waals surface area contributed by atoms with E-state index in [1.54, 1.807) is 12.1 Å². The molecule has 34 heavy (non-hydrogen) atoms. The van der Waals surface area contributed by atoms with E-state index >= 15 is 0 Å². The maximum Gasteiger partial charge on any atom is 0.335 e. The summed E-state index contributed by atoms with van der Waals surface area (Å²) in [6, 6.07) is 19.9. The molecule has 0 saturated carbocycles. The number of ether oxygens (including phenoxy) is 3. The molecule has 0 radical (unpaired) electrons. The monoisotopic (exact) mass is 463 g/mol. The number of para-hydroxylation sites is 1. The van der Waals surface area contributed by atoms with Crippen molar-refractivity contribution in [2.24, 2.45) is 0 Å². The van der Waals surface area contributed by atoms with Crippen molar-refractivity contribution in [2.75, 3.05) is 19.7 Å². The minimum absolute atomic E-state index is 0.0102. The molecule has 2 atom stereocenters. The highest BCUT2D eigenvalue weighted by molar-refractivity contribution is 5.88. The molecule has 3 aromatic carbocycles. The van der Waals surface area contributed by atoms with Crippen molar-refractivity contribution in [1.82, 2.24) is 5.32 Å². The Hall–Kier alpha value is -3.55. The quantitative estimate of drug-likeness (QED) is 0.414. The number of fused-ring (bicyclic) bond motifs is 1. The molecular formula is C27H29NO6. The Morgan fingerprint density at radius 2 is 1.94 bits per heavy atom. The van der Waals surface area contributed by atoms with Crippen LogP contribution in [0.2, 0.25) is 0 Å². The molecule has 0 aromatic heterocycles. The summed E-state index contributed by atoms with van der Waals surface area (Å²) in [6.07, 6.45) is 1.08. The molecule has 1 heterocycles. The summed E-state index contributed by atoms with van der Waals surface area (Å²) in [6.45, 7) is 3.15. The number of aromatic carboxylic acids is 1. The molecule has 0 amide bonds. The van der Waals surface area contributed by atoms with Gasteiger partial charge in [0.1, 0.15) is 41.8 Å². The van der Waals surface area contributed by atoms with Crippen LogP contribution in [0.3, 0.4) is 0 Å². The summed E-state index contributed by atoms with van der Waals surface area (Å²) in [7, 11) is 0. The first-order valence-electron chi connectivity index (χ1n) is 11.4. The lowest BCUT2D eigenvalue weighted by Crippen LogP contribution is -2.39. The van der Waals surface area contributed by atoms with Crippen molar-refractivity contribution in [3.63, 3.8) is 0 Å². The van der Waals surface area contributed by atoms with E-state index < -0.39 is 12.1 Å². The van der Waals surface area contributed by atoms with E-state index in [9.17, 15) is 15.0 Å². The minimum atomic E-state index is -0.986. The summed E-state index contributed by atoms with van der Waals surface area (Å²) in [4.78, 5) is 11.2. The number of hydrogen-bond donors (Lipinski definition) is 3. The Bertz CT molecular complexity index is 1120. The zero-order valence-electron chi connectivity index (χ0n) is 19.1. The van der Waals surface area contributed by atoms with Crippen LogP contribution in [0.1, 0.15) is 27.9 Å². The number of aliphatic hydroxyl groups is 1. The van der Waals surface area contributed by atoms with Gasteiger partial charge in [-0.25, -0.2) is 4.79 Å². The Balaban J connectivity index is 1.26. The predicted octanol–water partition coefficient (Wildman–Crippen LogP) is 4.21. The van der Waals surface area contributed by atoms with Gasteiger partial charge in [0.25, 0.3) is 0 Å². The topological polar surface area (TPSA) is 97.3 Å². The van der Waals surface area contributed by atoms with Gasteiger partial charge in [-0.3, -0.25) is 0 Å². The molecule has 0 bridgehead atoms. The summed E-state index contributed by atoms with van der Waals surface area (Å²) in [5.74, 6) is 1.73. The molecule has 1 aliphatic rings. The molecule has 3 N–H and O–H groups in total. The van der Waals surface area contributed by atoms with Gasteiger partial charge in [-0.15, -0.1) is 0 Å². The van der Waals surface area contributed by atoms with Gasteiger partial charge in [-0.2, -0.15) is 0 Å². The summed E-state index contributed by atoms with van der Waals surface area (Å²) >= 11 is 0. The highest BCUT2D eigenvalue weighted by atomic mass is 16.5. The number of carboxylic acids is 1. The predicted molar refractivity (Wildman–Crippen MR) is 128 cm³/mol. The molecular weight excluding hydrogens is 434 g/mol. The smallest absolute Gasteiger partial charge is 0.335 e. The van der Waals surface area contributed by atoms with E-state index in [4.69, 9.17) is 14.2 Å². The summed E-state index contributed by atoms with van der Waals surface area (Å²) < 4.78 is 17.7. The van der Waals surface area contributed by atoms with Gasteiger partial charge in [0.05, 0.1) is 5.56 Å². The van der Waals surface area contributed by atoms with Crippen LogP contribution in [0.15, 0.2) is 66.7 Å². The van der Waals surface area contributed by atoms with Crippen LogP contribution in [-0.4, -0.2) is 48.1 Å². The third-order valence-corrected chi connectivity index (χ3v) is 5.66. The minimum Gasteiger partial charge on any atom is -0.491 e. The third kappa shape index (κ3) is 6.27. The van der Waals surface area contributed by atoms with E-state index in [1.165, 1.54) is 6.07 Å². The second kappa shape index (κ2) is 11.0. The average molecular weight is 464 g/mol. The lowest BCUT2D eigenvalue weighted by atomic mass is 10.0. The number of rotatable bonds is 10. The van der Waals surface area contributed by atoms with Crippen molar-refractivity contribution in [3.05, 3.63) is 83.4 Å². The average Bonchev–Trinajstić information content (AvgIpc) is 2.84. The molecule has 1 aliphatic heterocycles. The van der Waals surface area contributed by atoms with Crippen LogP contribution in [0, 0.1) is 6.92 Å². The van der Waals surface area contributed by atoms with Gasteiger partial charge < -0.3 is 29.7 Å². The van der Waals surface area contributed by atoms with Crippen LogP contribution in [0.4, 0.5) is 0 Å². The van der Waals surface area contributed by atoms with E-state index in [0.717, 1.165) is 35.5 Å². The lowest BCUT2D eigenvalue weighted by molar-refractivity contribution is 0.0696. The number of aryl methyl sites for hydroxylation is 2. The molecule has 0 spiro atoms. The molecule has 4 rings (SSSR count). The van der Waals surface area contributed by atoms with Crippen molar-refractivity contribution in [2.45, 2.75) is 32.0 Å². The normalized spacial score (nSPS) is 15.6. The second-order valence-electron chi connectivity index (χ2n) is 8.37. The Morgan fingerprint density at radius 1 is 1.12 bits per heavy atom. The van der Waals surface area contributed by atoms with Gasteiger partial charge >= 0.3 is 5.97 Å². The molecule has 0 unspecified atom stereocenters. The van der Waals surface area contributed by atoms with Crippen molar-refractivity contribution >= 4 is 5.97 Å². The first-order valence-corrected chi connectivity index (χ1v) is 11.4. The summed E-state index contributed by atoms with van der Waals surface area (Å²) in [5.41, 5.74) is 2.10. The maximum absolute atomic E-state index is 11.2. The van der Waals surface area contributed by atoms with E-state index in [1.807, 2.05) is 55.5 Å². The van der Waals surface area contributed by atoms with Gasteiger partial charge in [0.15, 0.2) is 0 Å². The molecule has 178 valence electrons. The number of benzene rings is 3. The van der Waals surface area contributed by atoms with E-state index in [0.29, 0.717) is 24.6 Å². The fourth-order valence-electron chi connectivity index (χ4n) is 3.78. The lowest BCUT2D eigenvalue weighted by Gasteiger charge is -2.27. The van der Waals surface area contributed by atoms with E-state index in [-0.39, 0.29) is 18.3 Å². The Kier molecular flexibility index (Phi) is 7.67. The van der Waals surface area contributed by atoms with Gasteiger partial charge in [-0.05, 0) is 73.4 Å². The number of carboxylic acid groups (broad SMARTS) is 1. The van der Waals surface area contributed by atoms with Crippen molar-refractivity contribution in [3.8, 4) is 23.0 Å². The van der Waals surface area contributed by atoms with Crippen molar-refractivity contribution in [1.29, 1.82) is 0 Å². The van der Waals surface area contributed by atoms with Crippen LogP contribution in [0.5, 0.6) is 23.0 Å². The molecule has 0 fully saturated rings. The third-order valence-electron chi connectivity index (χ3n) is 5.66. The fraction of sp³-hybridized carbons (Fsp3) is 0.296. The number of carbonyl (C=O) groups is 1. The van der Waals surface area contributed by atoms with Crippen LogP contribution >= 0.6 is 0 Å². The fourth-order valence-corrected chi connectivity index (χ4v) is 3.78. The maximum atomic E-state index is 11.2. The van der Waals surface area contributed by atoms with E-state index in [2.05, 4.69) is 5.32 Å². The highest BCUT2D eigenvalue weighted by Gasteiger charge is 2.21. The number of aliphatic hydroxyl groups excluding tert-OH is 1. The standard InChI is InChI=1S/C27H29NO6/c1-18-7-8-20(27(30)31)14-26(18)33-23-11-12-25-19(13-23)9-10-24(34-25)16-28-15-21(29)17-32-22-5-3-2-4-6-22/h2-8,11-14,21,24,28-29H,9-10,15-17H2,1H3,(H,30,31)/t21-,24+/m0/s1. The van der Waals surface area contributed by atoms with Gasteiger partial charge in [0.2, 0.25) is 0 Å². The molecule has 3 aromatic rings. The van der Waals surface area contributed by atoms with Gasteiger partial charge in [0, 0.05) is 13.1 Å². The number of hydrogen-bond acceptors (Lipinski definition) is 6.